The summed E-state index contributed by atoms with van der Waals surface area (Å²) in [5, 5.41) is 7.52. The predicted molar refractivity (Wildman–Crippen MR) is 94.6 cm³/mol. The zero-order valence-electron chi connectivity index (χ0n) is 13.1. The van der Waals surface area contributed by atoms with Crippen molar-refractivity contribution in [2.45, 2.75) is 25.8 Å². The van der Waals surface area contributed by atoms with Crippen molar-refractivity contribution in [1.82, 2.24) is 14.8 Å². The summed E-state index contributed by atoms with van der Waals surface area (Å²) in [6.07, 6.45) is 3.43. The summed E-state index contributed by atoms with van der Waals surface area (Å²) in [4.78, 5) is 21.5. The van der Waals surface area contributed by atoms with Gasteiger partial charge in [-0.2, -0.15) is 11.3 Å². The molecule has 0 bridgehead atoms. The maximum Gasteiger partial charge on any atom is 0.225 e. The minimum atomic E-state index is 0.327. The molecule has 0 unspecified atom stereocenters. The van der Waals surface area contributed by atoms with E-state index in [0.717, 1.165) is 56.3 Å². The molecule has 0 atom stereocenters. The lowest BCUT2D eigenvalue weighted by molar-refractivity contribution is -0.140. The van der Waals surface area contributed by atoms with Crippen molar-refractivity contribution in [3.05, 3.63) is 27.9 Å². The van der Waals surface area contributed by atoms with Crippen LogP contribution < -0.4 is 0 Å². The van der Waals surface area contributed by atoms with Crippen molar-refractivity contribution < 1.29 is 4.79 Å². The molecular formula is C17H21N3OS2. The van der Waals surface area contributed by atoms with Gasteiger partial charge in [0.2, 0.25) is 5.91 Å². The molecule has 0 spiro atoms. The Morgan fingerprint density at radius 3 is 2.70 bits per heavy atom. The van der Waals surface area contributed by atoms with Gasteiger partial charge in [-0.25, -0.2) is 4.98 Å². The zero-order chi connectivity index (χ0) is 15.6. The topological polar surface area (TPSA) is 36.4 Å². The average molecular weight is 348 g/mol. The molecule has 2 fully saturated rings. The molecule has 1 saturated carbocycles. The molecule has 1 aliphatic heterocycles. The molecule has 0 N–H and O–H groups in total. The second kappa shape index (κ2) is 6.71. The molecule has 2 aliphatic rings. The van der Waals surface area contributed by atoms with Crippen molar-refractivity contribution in [3.8, 4) is 10.6 Å². The fourth-order valence-corrected chi connectivity index (χ4v) is 4.69. The Morgan fingerprint density at radius 2 is 2.04 bits per heavy atom. The summed E-state index contributed by atoms with van der Waals surface area (Å²) in [5.41, 5.74) is 2.37. The number of thiazole rings is 1. The average Bonchev–Trinajstić information content (AvgIpc) is 3.17. The van der Waals surface area contributed by atoms with Crippen molar-refractivity contribution >= 4 is 28.6 Å². The number of nitrogens with zero attached hydrogens (tertiary/aromatic N) is 3. The van der Waals surface area contributed by atoms with E-state index >= 15 is 0 Å². The maximum atomic E-state index is 12.3. The van der Waals surface area contributed by atoms with Crippen LogP contribution in [0.2, 0.25) is 0 Å². The van der Waals surface area contributed by atoms with Gasteiger partial charge in [0, 0.05) is 55.0 Å². The number of amides is 1. The molecule has 1 amide bonds. The Morgan fingerprint density at radius 1 is 1.22 bits per heavy atom. The normalized spacial score (nSPS) is 19.7. The highest BCUT2D eigenvalue weighted by Crippen LogP contribution is 2.29. The van der Waals surface area contributed by atoms with Gasteiger partial charge in [0.05, 0.1) is 5.69 Å². The predicted octanol–water partition coefficient (Wildman–Crippen LogP) is 3.32. The van der Waals surface area contributed by atoms with Crippen LogP contribution in [0.4, 0.5) is 0 Å². The van der Waals surface area contributed by atoms with Gasteiger partial charge in [-0.05, 0) is 24.3 Å². The number of thiophene rings is 1. The van der Waals surface area contributed by atoms with Crippen molar-refractivity contribution in [2.75, 3.05) is 26.2 Å². The van der Waals surface area contributed by atoms with Crippen LogP contribution in [-0.4, -0.2) is 46.9 Å². The summed E-state index contributed by atoms with van der Waals surface area (Å²) in [6.45, 7) is 4.56. The van der Waals surface area contributed by atoms with Gasteiger partial charge in [-0.15, -0.1) is 11.3 Å². The van der Waals surface area contributed by atoms with Gasteiger partial charge in [0.25, 0.3) is 0 Å². The van der Waals surface area contributed by atoms with Crippen molar-refractivity contribution in [1.29, 1.82) is 0 Å². The fraction of sp³-hybridized carbons (Fsp3) is 0.529. The number of piperazine rings is 1. The van der Waals surface area contributed by atoms with Crippen LogP contribution in [0.3, 0.4) is 0 Å². The Balaban J connectivity index is 1.30. The van der Waals surface area contributed by atoms with Crippen molar-refractivity contribution in [3.63, 3.8) is 0 Å². The van der Waals surface area contributed by atoms with Gasteiger partial charge >= 0.3 is 0 Å². The molecular weight excluding hydrogens is 326 g/mol. The second-order valence-electron chi connectivity index (χ2n) is 6.39. The molecule has 122 valence electrons. The van der Waals surface area contributed by atoms with Gasteiger partial charge in [-0.3, -0.25) is 9.69 Å². The molecule has 1 saturated heterocycles. The van der Waals surface area contributed by atoms with Gasteiger partial charge < -0.3 is 4.90 Å². The molecule has 2 aromatic rings. The maximum absolute atomic E-state index is 12.3. The van der Waals surface area contributed by atoms with Crippen LogP contribution in [0.5, 0.6) is 0 Å². The number of rotatable bonds is 4. The Bertz CT molecular complexity index is 655. The fourth-order valence-electron chi connectivity index (χ4n) is 3.17. The van der Waals surface area contributed by atoms with E-state index in [0.29, 0.717) is 11.8 Å². The largest absolute Gasteiger partial charge is 0.340 e. The summed E-state index contributed by atoms with van der Waals surface area (Å²) in [7, 11) is 0. The number of carbonyl (C=O) groups excluding carboxylic acids is 1. The lowest BCUT2D eigenvalue weighted by atomic mass is 9.84. The third-order valence-electron chi connectivity index (χ3n) is 4.84. The highest BCUT2D eigenvalue weighted by Gasteiger charge is 2.31. The van der Waals surface area contributed by atoms with Crippen LogP contribution in [-0.2, 0) is 11.3 Å². The van der Waals surface area contributed by atoms with E-state index in [1.54, 1.807) is 22.7 Å². The van der Waals surface area contributed by atoms with E-state index in [9.17, 15) is 4.79 Å². The number of aromatic nitrogens is 1. The highest BCUT2D eigenvalue weighted by atomic mass is 32.1. The highest BCUT2D eigenvalue weighted by molar-refractivity contribution is 7.14. The zero-order valence-corrected chi connectivity index (χ0v) is 14.7. The first-order valence-corrected chi connectivity index (χ1v) is 10.1. The first kappa shape index (κ1) is 15.3. The summed E-state index contributed by atoms with van der Waals surface area (Å²) < 4.78 is 0. The third-order valence-corrected chi connectivity index (χ3v) is 6.47. The van der Waals surface area contributed by atoms with Crippen LogP contribution in [0.1, 0.15) is 25.0 Å². The molecule has 3 heterocycles. The molecule has 6 heteroatoms. The minimum Gasteiger partial charge on any atom is -0.340 e. The smallest absolute Gasteiger partial charge is 0.225 e. The molecule has 2 aromatic heterocycles. The molecule has 4 rings (SSSR count). The van der Waals surface area contributed by atoms with Crippen molar-refractivity contribution in [2.24, 2.45) is 5.92 Å². The van der Waals surface area contributed by atoms with E-state index in [1.807, 2.05) is 0 Å². The number of hydrogen-bond acceptors (Lipinski definition) is 5. The second-order valence-corrected chi connectivity index (χ2v) is 8.02. The Labute approximate surface area is 144 Å². The number of hydrogen-bond donors (Lipinski definition) is 0. The lowest BCUT2D eigenvalue weighted by Gasteiger charge is -2.38. The summed E-state index contributed by atoms with van der Waals surface area (Å²) in [5.74, 6) is 0.720. The summed E-state index contributed by atoms with van der Waals surface area (Å²) in [6, 6.07) is 2.12. The molecule has 0 radical (unpaired) electrons. The van der Waals surface area contributed by atoms with E-state index in [2.05, 4.69) is 32.0 Å². The van der Waals surface area contributed by atoms with Gasteiger partial charge in [0.1, 0.15) is 5.01 Å². The van der Waals surface area contributed by atoms with E-state index in [-0.39, 0.29) is 0 Å². The first-order valence-electron chi connectivity index (χ1n) is 8.28. The SMILES string of the molecule is O=C(C1CCC1)N1CCN(Cc2csc(-c3ccsc3)n2)CC1. The van der Waals surface area contributed by atoms with Gasteiger partial charge in [0.15, 0.2) is 0 Å². The van der Waals surface area contributed by atoms with Crippen LogP contribution in [0.25, 0.3) is 10.6 Å². The van der Waals surface area contributed by atoms with E-state index in [1.165, 1.54) is 12.0 Å². The monoisotopic (exact) mass is 347 g/mol. The standard InChI is InChI=1S/C17H21N3OS2/c21-17(13-2-1-3-13)20-7-5-19(6-8-20)10-15-12-23-16(18-15)14-4-9-22-11-14/h4,9,11-13H,1-3,5-8,10H2. The Kier molecular flexibility index (Phi) is 4.46. The van der Waals surface area contributed by atoms with Crippen LogP contribution in [0.15, 0.2) is 22.2 Å². The molecule has 0 aromatic carbocycles. The third kappa shape index (κ3) is 3.34. The van der Waals surface area contributed by atoms with Crippen LogP contribution >= 0.6 is 22.7 Å². The molecule has 23 heavy (non-hydrogen) atoms. The first-order chi connectivity index (χ1) is 11.3. The minimum absolute atomic E-state index is 0.327. The Hall–Kier alpha value is -1.24. The van der Waals surface area contributed by atoms with E-state index in [4.69, 9.17) is 4.98 Å². The lowest BCUT2D eigenvalue weighted by Crippen LogP contribution is -2.50. The quantitative estimate of drug-likeness (QED) is 0.851. The van der Waals surface area contributed by atoms with Crippen LogP contribution in [0, 0.1) is 5.92 Å². The van der Waals surface area contributed by atoms with Gasteiger partial charge in [-0.1, -0.05) is 6.42 Å². The number of carbonyl (C=O) groups is 1. The van der Waals surface area contributed by atoms with E-state index < -0.39 is 0 Å². The molecule has 4 nitrogen and oxygen atoms in total. The molecule has 1 aliphatic carbocycles. The summed E-state index contributed by atoms with van der Waals surface area (Å²) >= 11 is 3.43.